The number of imidazole rings is 2. The Morgan fingerprint density at radius 3 is 1.93 bits per heavy atom. The summed E-state index contributed by atoms with van der Waals surface area (Å²) in [4.78, 5) is 56.0. The number of aromatic amines is 1. The second-order valence-electron chi connectivity index (χ2n) is 10.4. The molecule has 3 saturated heterocycles. The van der Waals surface area contributed by atoms with Crippen LogP contribution in [0.15, 0.2) is 23.8 Å². The number of rotatable bonds is 2. The molecule has 7 heterocycles. The molecule has 23 nitrogen and oxygen atoms in total. The van der Waals surface area contributed by atoms with E-state index in [1.165, 1.54) is 21.8 Å². The number of aromatic nitrogens is 8. The topological polar surface area (TPSA) is 335 Å². The Bertz CT molecular complexity index is 1940. The Kier molecular flexibility index (Phi) is 7.27. The molecule has 7 rings (SSSR count). The van der Waals surface area contributed by atoms with Crippen molar-refractivity contribution in [3.05, 3.63) is 29.3 Å². The van der Waals surface area contributed by atoms with Crippen molar-refractivity contribution >= 4 is 49.6 Å². The number of nitrogens with one attached hydrogen (secondary N) is 3. The van der Waals surface area contributed by atoms with Gasteiger partial charge in [-0.3, -0.25) is 28.0 Å². The van der Waals surface area contributed by atoms with Gasteiger partial charge in [0, 0.05) is 0 Å². The predicted octanol–water partition coefficient (Wildman–Crippen LogP) is -3.20. The largest absolute Gasteiger partial charge is 0.403 e. The summed E-state index contributed by atoms with van der Waals surface area (Å²) in [7, 11) is -9.55. The fourth-order valence-corrected chi connectivity index (χ4v) is 7.77. The SMILES string of the molecule is Nc1nc2c(ncn2[C@@H]2O[C@@H]3COP(=O)(O)NC4[C@@H](COP(=O)(O)NC3[C@@H]2O)O[C@@H](n2cnc3c(N)ncnc32)[C@H]4O)c(=O)[nH]1. The normalized spacial score (nSPS) is 37.7. The van der Waals surface area contributed by atoms with E-state index in [1.54, 1.807) is 0 Å². The molecular formula is C20H26N12O11P2. The second kappa shape index (κ2) is 10.8. The molecule has 0 aromatic carbocycles. The molecule has 0 aliphatic carbocycles. The van der Waals surface area contributed by atoms with Gasteiger partial charge in [-0.1, -0.05) is 0 Å². The van der Waals surface area contributed by atoms with Crippen LogP contribution in [0.1, 0.15) is 12.5 Å². The van der Waals surface area contributed by atoms with E-state index in [1.807, 2.05) is 0 Å². The molecule has 25 heteroatoms. The van der Waals surface area contributed by atoms with Crippen molar-refractivity contribution in [1.29, 1.82) is 0 Å². The lowest BCUT2D eigenvalue weighted by atomic mass is 10.1. The number of nitrogen functional groups attached to an aromatic ring is 2. The molecule has 3 aliphatic heterocycles. The average Bonchev–Trinajstić information content (AvgIpc) is 3.72. The summed E-state index contributed by atoms with van der Waals surface area (Å²) >= 11 is 0. The van der Waals surface area contributed by atoms with Crippen LogP contribution in [0.3, 0.4) is 0 Å². The second-order valence-corrected chi connectivity index (χ2v) is 13.5. The van der Waals surface area contributed by atoms with Gasteiger partial charge in [0.05, 0.1) is 38.0 Å². The summed E-state index contributed by atoms with van der Waals surface area (Å²) < 4.78 is 51.2. The third kappa shape index (κ3) is 5.31. The molecular weight excluding hydrogens is 646 g/mol. The molecule has 0 radical (unpaired) electrons. The highest BCUT2D eigenvalue weighted by Crippen LogP contribution is 2.47. The maximum atomic E-state index is 13.2. The zero-order valence-electron chi connectivity index (χ0n) is 22.6. The van der Waals surface area contributed by atoms with E-state index >= 15 is 0 Å². The van der Waals surface area contributed by atoms with Crippen molar-refractivity contribution in [3.63, 3.8) is 0 Å². The van der Waals surface area contributed by atoms with Crippen LogP contribution in [-0.4, -0.2) is 109 Å². The summed E-state index contributed by atoms with van der Waals surface area (Å²) in [6, 6.07) is -2.81. The summed E-state index contributed by atoms with van der Waals surface area (Å²) in [5.74, 6) is -0.182. The van der Waals surface area contributed by atoms with Crippen LogP contribution in [0.5, 0.6) is 0 Å². The van der Waals surface area contributed by atoms with Gasteiger partial charge in [-0.15, -0.1) is 0 Å². The van der Waals surface area contributed by atoms with Gasteiger partial charge in [-0.2, -0.15) is 4.98 Å². The van der Waals surface area contributed by atoms with Gasteiger partial charge in [0.2, 0.25) is 5.95 Å². The van der Waals surface area contributed by atoms with E-state index in [-0.39, 0.29) is 34.1 Å². The fourth-order valence-electron chi connectivity index (χ4n) is 5.53. The number of hydrogen-bond donors (Lipinski definition) is 9. The zero-order valence-corrected chi connectivity index (χ0v) is 24.4. The van der Waals surface area contributed by atoms with Crippen molar-refractivity contribution in [2.45, 2.75) is 49.0 Å². The number of fused-ring (bicyclic) bond motifs is 4. The third-order valence-electron chi connectivity index (χ3n) is 7.59. The van der Waals surface area contributed by atoms with Gasteiger partial charge >= 0.3 is 15.5 Å². The Morgan fingerprint density at radius 2 is 1.36 bits per heavy atom. The quantitative estimate of drug-likeness (QED) is 0.0947. The van der Waals surface area contributed by atoms with Crippen molar-refractivity contribution in [2.75, 3.05) is 24.7 Å². The van der Waals surface area contributed by atoms with Crippen LogP contribution in [0.2, 0.25) is 0 Å². The first kappa shape index (κ1) is 30.2. The molecule has 0 spiro atoms. The molecule has 0 saturated carbocycles. The zero-order chi connectivity index (χ0) is 31.8. The van der Waals surface area contributed by atoms with Gasteiger partial charge in [-0.25, -0.2) is 39.2 Å². The van der Waals surface area contributed by atoms with Crippen LogP contribution in [0, 0.1) is 0 Å². The number of ether oxygens (including phenoxy) is 2. The molecule has 4 unspecified atom stereocenters. The maximum Gasteiger partial charge on any atom is 0.403 e. The molecule has 11 N–H and O–H groups in total. The molecule has 242 valence electrons. The van der Waals surface area contributed by atoms with Gasteiger partial charge in [0.1, 0.15) is 36.3 Å². The summed E-state index contributed by atoms with van der Waals surface area (Å²) in [6.07, 6.45) is -4.91. The maximum absolute atomic E-state index is 13.2. The van der Waals surface area contributed by atoms with Crippen molar-refractivity contribution < 1.29 is 47.7 Å². The molecule has 45 heavy (non-hydrogen) atoms. The van der Waals surface area contributed by atoms with Gasteiger partial charge in [0.25, 0.3) is 5.56 Å². The Morgan fingerprint density at radius 1 is 0.822 bits per heavy atom. The van der Waals surface area contributed by atoms with E-state index in [9.17, 15) is 33.9 Å². The molecule has 3 fully saturated rings. The number of nitrogens with two attached hydrogens (primary N) is 2. The van der Waals surface area contributed by atoms with E-state index < -0.39 is 83.2 Å². The van der Waals surface area contributed by atoms with E-state index in [4.69, 9.17) is 30.0 Å². The molecule has 0 bridgehead atoms. The fraction of sp³-hybridized carbons (Fsp3) is 0.500. The molecule has 4 aromatic heterocycles. The first-order valence-corrected chi connectivity index (χ1v) is 16.3. The minimum atomic E-state index is -4.78. The van der Waals surface area contributed by atoms with Crippen molar-refractivity contribution in [3.8, 4) is 0 Å². The molecule has 0 amide bonds. The lowest BCUT2D eigenvalue weighted by molar-refractivity contribution is -0.0483. The summed E-state index contributed by atoms with van der Waals surface area (Å²) in [5, 5.41) is 27.0. The average molecular weight is 672 g/mol. The lowest BCUT2D eigenvalue weighted by Gasteiger charge is -2.29. The smallest absolute Gasteiger partial charge is 0.387 e. The number of hydrogen-bond acceptors (Lipinski definition) is 16. The number of aliphatic hydroxyl groups is 2. The van der Waals surface area contributed by atoms with Gasteiger partial charge in [0.15, 0.2) is 35.1 Å². The Hall–Kier alpha value is -3.44. The highest BCUT2D eigenvalue weighted by molar-refractivity contribution is 7.50. The lowest BCUT2D eigenvalue weighted by Crippen LogP contribution is -2.48. The monoisotopic (exact) mass is 672 g/mol. The van der Waals surface area contributed by atoms with E-state index in [0.29, 0.717) is 0 Å². The third-order valence-corrected chi connectivity index (χ3v) is 9.83. The van der Waals surface area contributed by atoms with Gasteiger partial charge < -0.3 is 40.9 Å². The minimum Gasteiger partial charge on any atom is -0.387 e. The van der Waals surface area contributed by atoms with Crippen LogP contribution in [-0.2, 0) is 27.7 Å². The highest BCUT2D eigenvalue weighted by atomic mass is 31.2. The van der Waals surface area contributed by atoms with Crippen LogP contribution < -0.4 is 27.2 Å². The predicted molar refractivity (Wildman–Crippen MR) is 148 cm³/mol. The summed E-state index contributed by atoms with van der Waals surface area (Å²) in [5.41, 5.74) is 11.0. The number of H-pyrrole nitrogens is 1. The van der Waals surface area contributed by atoms with Crippen LogP contribution >= 0.6 is 15.5 Å². The Labute approximate surface area is 249 Å². The molecule has 4 aromatic rings. The number of nitrogens with zero attached hydrogens (tertiary/aromatic N) is 7. The van der Waals surface area contributed by atoms with Crippen LogP contribution in [0.4, 0.5) is 11.8 Å². The molecule has 10 atom stereocenters. The highest BCUT2D eigenvalue weighted by Gasteiger charge is 2.52. The van der Waals surface area contributed by atoms with E-state index in [2.05, 4.69) is 40.1 Å². The Balaban J connectivity index is 1.17. The number of anilines is 2. The van der Waals surface area contributed by atoms with Crippen molar-refractivity contribution in [1.82, 2.24) is 49.2 Å². The van der Waals surface area contributed by atoms with Crippen LogP contribution in [0.25, 0.3) is 22.3 Å². The first-order valence-electron chi connectivity index (χ1n) is 13.1. The van der Waals surface area contributed by atoms with Crippen molar-refractivity contribution in [2.24, 2.45) is 0 Å². The van der Waals surface area contributed by atoms with Gasteiger partial charge in [-0.05, 0) is 0 Å². The molecule has 3 aliphatic rings. The standard InChI is InChI=1S/C20H26N12O11P2/c21-14-10-15(24-3-23-14)31(4-25-10)18-12(33)8-6(42-18)1-40-45(38,39)30-9-7(2-41-44(36,37)29-8)43-19(13(9)34)32-5-26-11-16(32)27-20(22)28-17(11)35/h3-9,12-13,18-19,33-34H,1-2H2,(H2,21,23,24)(H2,29,36,37)(H2,30,38,39)(H3,22,27,28,35)/t6-,7-,8?,9?,12+,13+,18-,19-/m1/s1. The number of aliphatic hydroxyl groups excluding tert-OH is 2. The minimum absolute atomic E-state index is 0.0622. The van der Waals surface area contributed by atoms with E-state index in [0.717, 1.165) is 6.33 Å². The summed E-state index contributed by atoms with van der Waals surface area (Å²) in [6.45, 7) is -1.40. The first-order chi connectivity index (χ1) is 21.3.